The summed E-state index contributed by atoms with van der Waals surface area (Å²) in [5, 5.41) is 3.45. The average molecular weight is 339 g/mol. The molecule has 0 amide bonds. The number of hydrogen-bond donors (Lipinski definition) is 1. The van der Waals surface area contributed by atoms with Gasteiger partial charge < -0.3 is 10.2 Å². The highest BCUT2D eigenvalue weighted by Crippen LogP contribution is 2.30. The Morgan fingerprint density at radius 3 is 2.65 bits per heavy atom. The molecule has 1 aromatic rings. The summed E-state index contributed by atoms with van der Waals surface area (Å²) < 4.78 is 1.18. The second kappa shape index (κ2) is 8.04. The Bertz CT molecular complexity index is 411. The number of nitrogens with zero attached hydrogens (tertiary/aromatic N) is 1. The van der Waals surface area contributed by atoms with E-state index in [9.17, 15) is 0 Å². The van der Waals surface area contributed by atoms with Crippen LogP contribution in [0.25, 0.3) is 0 Å². The minimum absolute atomic E-state index is 0.948. The molecule has 2 nitrogen and oxygen atoms in total. The molecule has 1 N–H and O–H groups in total. The van der Waals surface area contributed by atoms with E-state index < -0.39 is 0 Å². The van der Waals surface area contributed by atoms with Gasteiger partial charge in [0, 0.05) is 29.8 Å². The molecule has 0 bridgehead atoms. The van der Waals surface area contributed by atoms with Crippen molar-refractivity contribution in [2.24, 2.45) is 5.92 Å². The standard InChI is InChI=1S/C17H27BrN2/c1-3-5-14-8-10-20(11-9-14)17-7-6-16(18)12-15(17)13-19-4-2/h6-7,12,14,19H,3-5,8-11,13H2,1-2H3. The maximum atomic E-state index is 3.60. The number of halogens is 1. The van der Waals surface area contributed by atoms with Gasteiger partial charge in [-0.3, -0.25) is 0 Å². The van der Waals surface area contributed by atoms with Gasteiger partial charge in [0.25, 0.3) is 0 Å². The third-order valence-electron chi connectivity index (χ3n) is 4.26. The Hall–Kier alpha value is -0.540. The van der Waals surface area contributed by atoms with E-state index in [2.05, 4.69) is 58.2 Å². The molecule has 1 aliphatic heterocycles. The maximum Gasteiger partial charge on any atom is 0.0412 e. The van der Waals surface area contributed by atoms with Crippen LogP contribution in [-0.4, -0.2) is 19.6 Å². The molecule has 0 unspecified atom stereocenters. The van der Waals surface area contributed by atoms with Crippen molar-refractivity contribution in [3.05, 3.63) is 28.2 Å². The normalized spacial score (nSPS) is 16.6. The SMILES string of the molecule is CCCC1CCN(c2ccc(Br)cc2CNCC)CC1. The summed E-state index contributed by atoms with van der Waals surface area (Å²) in [6, 6.07) is 6.70. The largest absolute Gasteiger partial charge is 0.371 e. The van der Waals surface area contributed by atoms with Crippen molar-refractivity contribution in [3.63, 3.8) is 0 Å². The van der Waals surface area contributed by atoms with Crippen molar-refractivity contribution in [1.29, 1.82) is 0 Å². The molecule has 1 aliphatic rings. The smallest absolute Gasteiger partial charge is 0.0412 e. The van der Waals surface area contributed by atoms with Crippen LogP contribution in [0.5, 0.6) is 0 Å². The van der Waals surface area contributed by atoms with E-state index in [0.717, 1.165) is 19.0 Å². The Morgan fingerprint density at radius 2 is 2.00 bits per heavy atom. The zero-order valence-corrected chi connectivity index (χ0v) is 14.4. The van der Waals surface area contributed by atoms with Gasteiger partial charge in [-0.25, -0.2) is 0 Å². The molecule has 112 valence electrons. The fraction of sp³-hybridized carbons (Fsp3) is 0.647. The highest BCUT2D eigenvalue weighted by Gasteiger charge is 2.20. The Morgan fingerprint density at radius 1 is 1.25 bits per heavy atom. The van der Waals surface area contributed by atoms with E-state index in [1.165, 1.54) is 54.5 Å². The zero-order valence-electron chi connectivity index (χ0n) is 12.8. The summed E-state index contributed by atoms with van der Waals surface area (Å²) >= 11 is 3.60. The van der Waals surface area contributed by atoms with Crippen LogP contribution in [-0.2, 0) is 6.54 Å². The highest BCUT2D eigenvalue weighted by molar-refractivity contribution is 9.10. The second-order valence-electron chi connectivity index (χ2n) is 5.77. The zero-order chi connectivity index (χ0) is 14.4. The lowest BCUT2D eigenvalue weighted by Crippen LogP contribution is -2.34. The summed E-state index contributed by atoms with van der Waals surface area (Å²) in [6.45, 7) is 8.87. The lowest BCUT2D eigenvalue weighted by molar-refractivity contribution is 0.378. The molecular weight excluding hydrogens is 312 g/mol. The second-order valence-corrected chi connectivity index (χ2v) is 6.69. The summed E-state index contributed by atoms with van der Waals surface area (Å²) in [7, 11) is 0. The van der Waals surface area contributed by atoms with Gasteiger partial charge in [0.2, 0.25) is 0 Å². The van der Waals surface area contributed by atoms with Crippen LogP contribution in [0, 0.1) is 5.92 Å². The van der Waals surface area contributed by atoms with E-state index in [1.54, 1.807) is 0 Å². The molecule has 0 radical (unpaired) electrons. The third kappa shape index (κ3) is 4.23. The van der Waals surface area contributed by atoms with E-state index >= 15 is 0 Å². The first-order valence-corrected chi connectivity index (χ1v) is 8.78. The Balaban J connectivity index is 2.04. The topological polar surface area (TPSA) is 15.3 Å². The highest BCUT2D eigenvalue weighted by atomic mass is 79.9. The molecule has 0 atom stereocenters. The molecule has 20 heavy (non-hydrogen) atoms. The summed E-state index contributed by atoms with van der Waals surface area (Å²) in [6.07, 6.45) is 5.43. The van der Waals surface area contributed by atoms with Gasteiger partial charge in [0.05, 0.1) is 0 Å². The maximum absolute atomic E-state index is 3.60. The first-order valence-electron chi connectivity index (χ1n) is 7.98. The molecule has 0 aliphatic carbocycles. The molecule has 2 rings (SSSR count). The van der Waals surface area contributed by atoms with Gasteiger partial charge in [-0.15, -0.1) is 0 Å². The van der Waals surface area contributed by atoms with E-state index in [-0.39, 0.29) is 0 Å². The average Bonchev–Trinajstić information content (AvgIpc) is 2.47. The van der Waals surface area contributed by atoms with Gasteiger partial charge in [-0.2, -0.15) is 0 Å². The Kier molecular flexibility index (Phi) is 6.37. The van der Waals surface area contributed by atoms with Gasteiger partial charge in [-0.05, 0) is 49.1 Å². The van der Waals surface area contributed by atoms with Crippen molar-refractivity contribution in [1.82, 2.24) is 5.32 Å². The number of benzene rings is 1. The van der Waals surface area contributed by atoms with Crippen molar-refractivity contribution >= 4 is 21.6 Å². The van der Waals surface area contributed by atoms with Crippen LogP contribution < -0.4 is 10.2 Å². The predicted molar refractivity (Wildman–Crippen MR) is 91.4 cm³/mol. The van der Waals surface area contributed by atoms with Crippen LogP contribution in [0.2, 0.25) is 0 Å². The molecule has 1 heterocycles. The Labute approximate surface area is 132 Å². The van der Waals surface area contributed by atoms with E-state index in [0.29, 0.717) is 0 Å². The van der Waals surface area contributed by atoms with Crippen molar-refractivity contribution < 1.29 is 0 Å². The molecule has 1 fully saturated rings. The van der Waals surface area contributed by atoms with E-state index in [4.69, 9.17) is 0 Å². The van der Waals surface area contributed by atoms with Crippen molar-refractivity contribution in [3.8, 4) is 0 Å². The minimum atomic E-state index is 0.948. The fourth-order valence-electron chi connectivity index (χ4n) is 3.13. The van der Waals surface area contributed by atoms with Crippen LogP contribution in [0.1, 0.15) is 45.1 Å². The number of hydrogen-bond acceptors (Lipinski definition) is 2. The van der Waals surface area contributed by atoms with Crippen LogP contribution >= 0.6 is 15.9 Å². The fourth-order valence-corrected chi connectivity index (χ4v) is 3.54. The molecule has 3 heteroatoms. The lowest BCUT2D eigenvalue weighted by Gasteiger charge is -2.35. The summed E-state index contributed by atoms with van der Waals surface area (Å²) in [4.78, 5) is 2.57. The van der Waals surface area contributed by atoms with Gasteiger partial charge >= 0.3 is 0 Å². The van der Waals surface area contributed by atoms with Gasteiger partial charge in [0.15, 0.2) is 0 Å². The first-order chi connectivity index (χ1) is 9.74. The van der Waals surface area contributed by atoms with Crippen molar-refractivity contribution in [2.75, 3.05) is 24.5 Å². The molecule has 1 saturated heterocycles. The monoisotopic (exact) mass is 338 g/mol. The number of rotatable bonds is 6. The molecule has 0 aromatic heterocycles. The van der Waals surface area contributed by atoms with Gasteiger partial charge in [-0.1, -0.05) is 42.6 Å². The number of piperidine rings is 1. The molecule has 1 aromatic carbocycles. The summed E-state index contributed by atoms with van der Waals surface area (Å²) in [5.41, 5.74) is 2.83. The third-order valence-corrected chi connectivity index (χ3v) is 4.75. The quantitative estimate of drug-likeness (QED) is 0.816. The number of nitrogens with one attached hydrogen (secondary N) is 1. The molecule has 0 saturated carbocycles. The minimum Gasteiger partial charge on any atom is -0.371 e. The van der Waals surface area contributed by atoms with Gasteiger partial charge in [0.1, 0.15) is 0 Å². The van der Waals surface area contributed by atoms with Crippen molar-refractivity contribution in [2.45, 2.75) is 46.1 Å². The predicted octanol–water partition coefficient (Wildman–Crippen LogP) is 4.58. The van der Waals surface area contributed by atoms with E-state index in [1.807, 2.05) is 0 Å². The number of anilines is 1. The lowest BCUT2D eigenvalue weighted by atomic mass is 9.92. The van der Waals surface area contributed by atoms with Crippen LogP contribution in [0.15, 0.2) is 22.7 Å². The molecular formula is C17H27BrN2. The summed E-state index contributed by atoms with van der Waals surface area (Å²) in [5.74, 6) is 0.948. The molecule has 0 spiro atoms. The van der Waals surface area contributed by atoms with Crippen LogP contribution in [0.4, 0.5) is 5.69 Å². The van der Waals surface area contributed by atoms with Crippen LogP contribution in [0.3, 0.4) is 0 Å². The first kappa shape index (κ1) is 15.8.